The minimum Gasteiger partial charge on any atom is -0.293 e. The first-order valence-corrected chi connectivity index (χ1v) is 23.6. The summed E-state index contributed by atoms with van der Waals surface area (Å²) in [5, 5.41) is 0. The van der Waals surface area contributed by atoms with Crippen molar-refractivity contribution in [3.05, 3.63) is 0 Å². The van der Waals surface area contributed by atoms with E-state index in [4.69, 9.17) is 0 Å². The van der Waals surface area contributed by atoms with Crippen LogP contribution < -0.4 is 0 Å². The van der Waals surface area contributed by atoms with Gasteiger partial charge in [0.1, 0.15) is 0 Å². The van der Waals surface area contributed by atoms with Gasteiger partial charge in [0, 0.05) is 11.1 Å². The first-order chi connectivity index (χ1) is 23.8. The Kier molecular flexibility index (Phi) is 36.3. The maximum atomic E-state index is 2.99. The van der Waals surface area contributed by atoms with Crippen molar-refractivity contribution < 1.29 is 0 Å². The van der Waals surface area contributed by atoms with Gasteiger partial charge in [-0.2, -0.15) is 0 Å². The molecule has 0 aromatic rings. The Morgan fingerprint density at radius 2 is 0.429 bits per heavy atom. The van der Waals surface area contributed by atoms with E-state index in [2.05, 4.69) is 53.4 Å². The van der Waals surface area contributed by atoms with Crippen LogP contribution in [0.15, 0.2) is 0 Å². The van der Waals surface area contributed by atoms with Crippen LogP contribution in [0.5, 0.6) is 0 Å². The maximum absolute atomic E-state index is 2.99. The molecule has 49 heavy (non-hydrogen) atoms. The summed E-state index contributed by atoms with van der Waals surface area (Å²) < 4.78 is 0. The van der Waals surface area contributed by atoms with Gasteiger partial charge >= 0.3 is 0 Å². The third-order valence-electron chi connectivity index (χ3n) is 12.0. The highest BCUT2D eigenvalue weighted by Crippen LogP contribution is 2.34. The van der Waals surface area contributed by atoms with Crippen LogP contribution in [0.4, 0.5) is 0 Å². The first kappa shape index (κ1) is 49.0. The van der Waals surface area contributed by atoms with Gasteiger partial charge in [0.05, 0.1) is 0 Å². The average molecular weight is 690 g/mol. The lowest BCUT2D eigenvalue weighted by Gasteiger charge is -2.49. The third kappa shape index (κ3) is 32.4. The second-order valence-electron chi connectivity index (χ2n) is 17.9. The van der Waals surface area contributed by atoms with Crippen molar-refractivity contribution in [2.24, 2.45) is 0 Å². The highest BCUT2D eigenvalue weighted by molar-refractivity contribution is 4.92. The fourth-order valence-corrected chi connectivity index (χ4v) is 8.60. The molecule has 296 valence electrons. The van der Waals surface area contributed by atoms with Crippen LogP contribution in [-0.4, -0.2) is 22.5 Å². The van der Waals surface area contributed by atoms with E-state index in [1.807, 2.05) is 0 Å². The molecule has 0 unspecified atom stereocenters. The Morgan fingerprint density at radius 3 is 0.653 bits per heavy atom. The quantitative estimate of drug-likeness (QED) is 0.0578. The Labute approximate surface area is 314 Å². The molecule has 0 heterocycles. The van der Waals surface area contributed by atoms with Gasteiger partial charge in [-0.1, -0.05) is 245 Å². The van der Waals surface area contributed by atoms with Gasteiger partial charge in [-0.05, 0) is 53.5 Å². The largest absolute Gasteiger partial charge is 0.293 e. The number of hydrogen-bond acceptors (Lipinski definition) is 1. The molecule has 0 radical (unpaired) electrons. The van der Waals surface area contributed by atoms with Crippen molar-refractivity contribution in [1.29, 1.82) is 0 Å². The fraction of sp³-hybridized carbons (Fsp3) is 1.00. The molecule has 0 N–H and O–H groups in total. The second-order valence-corrected chi connectivity index (χ2v) is 17.9. The van der Waals surface area contributed by atoms with E-state index < -0.39 is 0 Å². The first-order valence-electron chi connectivity index (χ1n) is 23.6. The summed E-state index contributed by atoms with van der Waals surface area (Å²) in [5.74, 6) is 0. The summed E-state index contributed by atoms with van der Waals surface area (Å²) in [6.07, 6.45) is 54.8. The molecular weight excluding hydrogens is 591 g/mol. The fourth-order valence-electron chi connectivity index (χ4n) is 8.60. The van der Waals surface area contributed by atoms with Crippen molar-refractivity contribution in [3.8, 4) is 0 Å². The number of rotatable bonds is 41. The van der Waals surface area contributed by atoms with Gasteiger partial charge in [0.2, 0.25) is 0 Å². The topological polar surface area (TPSA) is 3.24 Å². The van der Waals surface area contributed by atoms with Gasteiger partial charge in [0.25, 0.3) is 0 Å². The zero-order valence-corrected chi connectivity index (χ0v) is 36.0. The van der Waals surface area contributed by atoms with Gasteiger partial charge in [0.15, 0.2) is 0 Å². The molecule has 1 heteroatoms. The Hall–Kier alpha value is -0.0400. The predicted molar refractivity (Wildman–Crippen MR) is 227 cm³/mol. The minimum absolute atomic E-state index is 0.303. The highest BCUT2D eigenvalue weighted by Gasteiger charge is 2.36. The number of hydrogen-bond donors (Lipinski definition) is 0. The standard InChI is InChI=1S/C48H99N/c1-8-11-14-17-20-23-26-27-28-29-30-31-34-37-40-43-46-49(47(4,5)44-41-38-35-32-24-21-18-15-12-9-2)48(6,7)45-42-39-36-33-25-22-19-16-13-10-3/h8-46H2,1-7H3. The summed E-state index contributed by atoms with van der Waals surface area (Å²) >= 11 is 0. The lowest BCUT2D eigenvalue weighted by Crippen LogP contribution is -2.55. The van der Waals surface area contributed by atoms with Crippen molar-refractivity contribution in [2.75, 3.05) is 6.54 Å². The van der Waals surface area contributed by atoms with Crippen molar-refractivity contribution in [3.63, 3.8) is 0 Å². The van der Waals surface area contributed by atoms with E-state index in [0.717, 1.165) is 0 Å². The van der Waals surface area contributed by atoms with E-state index in [1.165, 1.54) is 251 Å². The van der Waals surface area contributed by atoms with Crippen LogP contribution in [0.3, 0.4) is 0 Å². The van der Waals surface area contributed by atoms with Gasteiger partial charge in [-0.25, -0.2) is 0 Å². The molecule has 0 amide bonds. The number of unbranched alkanes of at least 4 members (excludes halogenated alkanes) is 33. The van der Waals surface area contributed by atoms with E-state index in [-0.39, 0.29) is 0 Å². The second kappa shape index (κ2) is 36.3. The summed E-state index contributed by atoms with van der Waals surface area (Å²) in [6.45, 7) is 18.6. The van der Waals surface area contributed by atoms with Crippen molar-refractivity contribution in [1.82, 2.24) is 4.90 Å². The molecule has 0 saturated carbocycles. The van der Waals surface area contributed by atoms with Crippen molar-refractivity contribution >= 4 is 0 Å². The Morgan fingerprint density at radius 1 is 0.245 bits per heavy atom. The van der Waals surface area contributed by atoms with E-state index >= 15 is 0 Å². The van der Waals surface area contributed by atoms with Crippen LogP contribution in [-0.2, 0) is 0 Å². The Balaban J connectivity index is 4.46. The van der Waals surface area contributed by atoms with Gasteiger partial charge in [-0.3, -0.25) is 4.90 Å². The molecule has 0 saturated heterocycles. The van der Waals surface area contributed by atoms with Crippen LogP contribution in [0, 0.1) is 0 Å². The molecule has 0 atom stereocenters. The minimum atomic E-state index is 0.303. The van der Waals surface area contributed by atoms with Gasteiger partial charge < -0.3 is 0 Å². The molecule has 0 aliphatic rings. The summed E-state index contributed by atoms with van der Waals surface area (Å²) in [7, 11) is 0. The predicted octanol–water partition coefficient (Wildman–Crippen LogP) is 17.7. The molecule has 0 bridgehead atoms. The average Bonchev–Trinajstić information content (AvgIpc) is 3.07. The van der Waals surface area contributed by atoms with Crippen molar-refractivity contribution in [2.45, 2.75) is 304 Å². The molecule has 0 rings (SSSR count). The molecule has 1 nitrogen and oxygen atoms in total. The monoisotopic (exact) mass is 690 g/mol. The van der Waals surface area contributed by atoms with Crippen LogP contribution in [0.25, 0.3) is 0 Å². The zero-order valence-electron chi connectivity index (χ0n) is 36.0. The smallest absolute Gasteiger partial charge is 0.0158 e. The van der Waals surface area contributed by atoms with Gasteiger partial charge in [-0.15, -0.1) is 0 Å². The molecular formula is C48H99N. The van der Waals surface area contributed by atoms with Crippen LogP contribution in [0.2, 0.25) is 0 Å². The highest BCUT2D eigenvalue weighted by atomic mass is 15.2. The van der Waals surface area contributed by atoms with E-state index in [9.17, 15) is 0 Å². The summed E-state index contributed by atoms with van der Waals surface area (Å²) in [4.78, 5) is 2.99. The lowest BCUT2D eigenvalue weighted by molar-refractivity contribution is 0.00151. The molecule has 0 fully saturated rings. The molecule has 0 aromatic carbocycles. The summed E-state index contributed by atoms with van der Waals surface area (Å²) in [5.41, 5.74) is 0.606. The molecule has 0 aromatic heterocycles. The van der Waals surface area contributed by atoms with E-state index in [1.54, 1.807) is 0 Å². The molecule has 0 spiro atoms. The Bertz CT molecular complexity index is 585. The van der Waals surface area contributed by atoms with Crippen LogP contribution >= 0.6 is 0 Å². The molecule has 0 aliphatic carbocycles. The maximum Gasteiger partial charge on any atom is 0.0158 e. The third-order valence-corrected chi connectivity index (χ3v) is 12.0. The SMILES string of the molecule is CCCCCCCCCCCCCCCCCCN(C(C)(C)CCCCCCCCCCCC)C(C)(C)CCCCCCCCCCCC. The number of nitrogens with zero attached hydrogens (tertiary/aromatic N) is 1. The normalized spacial score (nSPS) is 12.5. The van der Waals surface area contributed by atoms with E-state index in [0.29, 0.717) is 11.1 Å². The lowest BCUT2D eigenvalue weighted by atomic mass is 9.85. The van der Waals surface area contributed by atoms with Crippen LogP contribution in [0.1, 0.15) is 292 Å². The molecule has 0 aliphatic heterocycles. The summed E-state index contributed by atoms with van der Waals surface area (Å²) in [6, 6.07) is 0. The zero-order chi connectivity index (χ0) is 36.2.